The van der Waals surface area contributed by atoms with Crippen LogP contribution in [-0.4, -0.2) is 62.4 Å². The van der Waals surface area contributed by atoms with Crippen LogP contribution in [0.15, 0.2) is 0 Å². The maximum atomic E-state index is 5.69. The Morgan fingerprint density at radius 3 is 2.61 bits per heavy atom. The Hall–Kier alpha value is 0.130. The van der Waals surface area contributed by atoms with E-state index in [0.29, 0.717) is 12.1 Å². The van der Waals surface area contributed by atoms with Crippen molar-refractivity contribution >= 4 is 12.4 Å². The van der Waals surface area contributed by atoms with Crippen molar-refractivity contribution in [3.63, 3.8) is 0 Å². The lowest BCUT2D eigenvalue weighted by Gasteiger charge is -2.38. The van der Waals surface area contributed by atoms with E-state index < -0.39 is 0 Å². The zero-order chi connectivity index (χ0) is 15.4. The molecule has 0 bridgehead atoms. The summed E-state index contributed by atoms with van der Waals surface area (Å²) in [7, 11) is 0. The molecule has 0 amide bonds. The average molecular weight is 346 g/mol. The lowest BCUT2D eigenvalue weighted by molar-refractivity contribution is 0.0505. The molecule has 0 spiro atoms. The number of rotatable bonds is 5. The normalized spacial score (nSPS) is 33.8. The summed E-state index contributed by atoms with van der Waals surface area (Å²) in [6, 6.07) is 2.02. The van der Waals surface area contributed by atoms with Crippen molar-refractivity contribution < 1.29 is 4.74 Å². The summed E-state index contributed by atoms with van der Waals surface area (Å²) in [4.78, 5) is 2.64. The molecule has 0 aromatic heterocycles. The van der Waals surface area contributed by atoms with Gasteiger partial charge in [-0.2, -0.15) is 0 Å². The van der Waals surface area contributed by atoms with Crippen molar-refractivity contribution in [2.75, 3.05) is 39.4 Å². The van der Waals surface area contributed by atoms with Gasteiger partial charge in [0.2, 0.25) is 0 Å². The Morgan fingerprint density at radius 1 is 1.17 bits per heavy atom. The van der Waals surface area contributed by atoms with Crippen LogP contribution in [-0.2, 0) is 4.74 Å². The third kappa shape index (κ3) is 5.57. The zero-order valence-corrected chi connectivity index (χ0v) is 15.7. The Labute approximate surface area is 148 Å². The van der Waals surface area contributed by atoms with Crippen molar-refractivity contribution in [2.24, 2.45) is 11.8 Å². The minimum atomic E-state index is 0. The highest BCUT2D eigenvalue weighted by Crippen LogP contribution is 2.30. The first-order valence-corrected chi connectivity index (χ1v) is 9.52. The molecule has 5 heteroatoms. The van der Waals surface area contributed by atoms with Gasteiger partial charge in [-0.05, 0) is 50.6 Å². The smallest absolute Gasteiger partial charge is 0.0623 e. The van der Waals surface area contributed by atoms with Crippen molar-refractivity contribution in [1.29, 1.82) is 0 Å². The van der Waals surface area contributed by atoms with E-state index in [9.17, 15) is 0 Å². The predicted molar refractivity (Wildman–Crippen MR) is 98.4 cm³/mol. The fourth-order valence-corrected chi connectivity index (χ4v) is 4.64. The van der Waals surface area contributed by atoms with E-state index in [-0.39, 0.29) is 12.4 Å². The van der Waals surface area contributed by atoms with Crippen LogP contribution in [0, 0.1) is 11.8 Å². The first kappa shape index (κ1) is 19.5. The fourth-order valence-electron chi connectivity index (χ4n) is 4.64. The molecule has 2 aliphatic heterocycles. The Balaban J connectivity index is 0.00000192. The molecule has 3 rings (SSSR count). The van der Waals surface area contributed by atoms with E-state index in [4.69, 9.17) is 4.74 Å². The van der Waals surface area contributed by atoms with Crippen LogP contribution in [0.25, 0.3) is 0 Å². The Kier molecular flexibility index (Phi) is 8.10. The van der Waals surface area contributed by atoms with E-state index >= 15 is 0 Å². The van der Waals surface area contributed by atoms with Crippen molar-refractivity contribution in [3.05, 3.63) is 0 Å². The highest BCUT2D eigenvalue weighted by Gasteiger charge is 2.36. The number of hydrogen-bond donors (Lipinski definition) is 2. The van der Waals surface area contributed by atoms with Crippen LogP contribution < -0.4 is 10.6 Å². The molecule has 0 aromatic rings. The molecule has 136 valence electrons. The van der Waals surface area contributed by atoms with Gasteiger partial charge in [-0.25, -0.2) is 0 Å². The minimum Gasteiger partial charge on any atom is -0.379 e. The Bertz CT molecular complexity index is 328. The molecule has 1 saturated carbocycles. The molecule has 4 nitrogen and oxygen atoms in total. The van der Waals surface area contributed by atoms with Gasteiger partial charge < -0.3 is 20.3 Å². The summed E-state index contributed by atoms with van der Waals surface area (Å²) in [5, 5.41) is 7.70. The second-order valence-corrected chi connectivity index (χ2v) is 7.97. The van der Waals surface area contributed by atoms with Crippen LogP contribution in [0.3, 0.4) is 0 Å². The third-order valence-corrected chi connectivity index (χ3v) is 5.70. The number of nitrogens with one attached hydrogen (secondary N) is 2. The molecule has 2 N–H and O–H groups in total. The molecule has 2 saturated heterocycles. The van der Waals surface area contributed by atoms with Crippen molar-refractivity contribution in [1.82, 2.24) is 15.5 Å². The number of morpholine rings is 1. The molecule has 3 unspecified atom stereocenters. The minimum absolute atomic E-state index is 0. The van der Waals surface area contributed by atoms with Gasteiger partial charge in [-0.3, -0.25) is 0 Å². The SMILES string of the molecule is CC(C)CN1CCC(NC2CCCC2C2COCCN2)CC1.Cl. The van der Waals surface area contributed by atoms with E-state index in [0.717, 1.165) is 37.6 Å². The van der Waals surface area contributed by atoms with Gasteiger partial charge >= 0.3 is 0 Å². The number of nitrogens with zero attached hydrogens (tertiary/aromatic N) is 1. The number of hydrogen-bond acceptors (Lipinski definition) is 4. The standard InChI is InChI=1S/C18H35N3O.ClH/c1-14(2)12-21-9-6-15(7-10-21)20-17-5-3-4-16(17)18-13-22-11-8-19-18;/h14-20H,3-13H2,1-2H3;1H. The van der Waals surface area contributed by atoms with Gasteiger partial charge in [0.15, 0.2) is 0 Å². The largest absolute Gasteiger partial charge is 0.379 e. The molecular formula is C18H36ClN3O. The number of halogens is 1. The maximum Gasteiger partial charge on any atom is 0.0623 e. The molecule has 0 radical (unpaired) electrons. The first-order chi connectivity index (χ1) is 10.7. The van der Waals surface area contributed by atoms with Crippen LogP contribution in [0.1, 0.15) is 46.0 Å². The number of piperidine rings is 1. The quantitative estimate of drug-likeness (QED) is 0.801. The molecule has 2 heterocycles. The van der Waals surface area contributed by atoms with E-state index in [1.54, 1.807) is 0 Å². The predicted octanol–water partition coefficient (Wildman–Crippen LogP) is 2.28. The van der Waals surface area contributed by atoms with Gasteiger partial charge in [-0.1, -0.05) is 20.3 Å². The van der Waals surface area contributed by atoms with Gasteiger partial charge in [0.1, 0.15) is 0 Å². The summed E-state index contributed by atoms with van der Waals surface area (Å²) in [5.74, 6) is 1.56. The fraction of sp³-hybridized carbons (Fsp3) is 1.00. The highest BCUT2D eigenvalue weighted by atomic mass is 35.5. The summed E-state index contributed by atoms with van der Waals surface area (Å²) < 4.78 is 5.69. The van der Waals surface area contributed by atoms with Gasteiger partial charge in [0.25, 0.3) is 0 Å². The first-order valence-electron chi connectivity index (χ1n) is 9.52. The molecule has 3 aliphatic rings. The average Bonchev–Trinajstić information content (AvgIpc) is 2.98. The molecule has 1 aliphatic carbocycles. The topological polar surface area (TPSA) is 36.5 Å². The maximum absolute atomic E-state index is 5.69. The number of ether oxygens (including phenoxy) is 1. The molecule has 0 aromatic carbocycles. The monoisotopic (exact) mass is 345 g/mol. The summed E-state index contributed by atoms with van der Waals surface area (Å²) >= 11 is 0. The Morgan fingerprint density at radius 2 is 1.96 bits per heavy atom. The van der Waals surface area contributed by atoms with Crippen LogP contribution >= 0.6 is 12.4 Å². The van der Waals surface area contributed by atoms with E-state index in [2.05, 4.69) is 29.4 Å². The lowest BCUT2D eigenvalue weighted by atomic mass is 9.92. The van der Waals surface area contributed by atoms with Gasteiger partial charge in [-0.15, -0.1) is 12.4 Å². The summed E-state index contributed by atoms with van der Waals surface area (Å²) in [6.07, 6.45) is 6.75. The van der Waals surface area contributed by atoms with Crippen molar-refractivity contribution in [3.8, 4) is 0 Å². The van der Waals surface area contributed by atoms with Crippen LogP contribution in [0.5, 0.6) is 0 Å². The van der Waals surface area contributed by atoms with Crippen molar-refractivity contribution in [2.45, 2.75) is 64.1 Å². The highest BCUT2D eigenvalue weighted by molar-refractivity contribution is 5.85. The second-order valence-electron chi connectivity index (χ2n) is 7.97. The second kappa shape index (κ2) is 9.57. The number of likely N-dealkylation sites (tertiary alicyclic amines) is 1. The van der Waals surface area contributed by atoms with E-state index in [1.807, 2.05) is 0 Å². The summed E-state index contributed by atoms with van der Waals surface area (Å²) in [5.41, 5.74) is 0. The zero-order valence-electron chi connectivity index (χ0n) is 14.9. The van der Waals surface area contributed by atoms with Gasteiger partial charge in [0, 0.05) is 31.2 Å². The van der Waals surface area contributed by atoms with Crippen LogP contribution in [0.4, 0.5) is 0 Å². The lowest BCUT2D eigenvalue weighted by Crippen LogP contribution is -2.54. The molecule has 23 heavy (non-hydrogen) atoms. The summed E-state index contributed by atoms with van der Waals surface area (Å²) in [6.45, 7) is 11.3. The van der Waals surface area contributed by atoms with Crippen LogP contribution in [0.2, 0.25) is 0 Å². The molecular weight excluding hydrogens is 310 g/mol. The third-order valence-electron chi connectivity index (χ3n) is 5.70. The van der Waals surface area contributed by atoms with E-state index in [1.165, 1.54) is 51.7 Å². The molecule has 3 fully saturated rings. The van der Waals surface area contributed by atoms with Gasteiger partial charge in [0.05, 0.1) is 13.2 Å². The molecule has 3 atom stereocenters.